The van der Waals surface area contributed by atoms with Crippen molar-refractivity contribution >= 4 is 11.9 Å². The number of hydrogen-bond acceptors (Lipinski definition) is 4. The van der Waals surface area contributed by atoms with Gasteiger partial charge in [0, 0.05) is 30.9 Å². The number of pyridine rings is 1. The smallest absolute Gasteiger partial charge is 0.339 e. The van der Waals surface area contributed by atoms with Crippen LogP contribution in [0.15, 0.2) is 73.1 Å². The number of carbonyl (C=O) groups is 2. The van der Waals surface area contributed by atoms with Crippen LogP contribution in [-0.4, -0.2) is 34.8 Å². The summed E-state index contributed by atoms with van der Waals surface area (Å²) in [5.74, 6) is -0.113. The Balaban J connectivity index is 1.27. The molecule has 6 rings (SSSR count). The molecule has 32 heavy (non-hydrogen) atoms. The zero-order valence-electron chi connectivity index (χ0n) is 17.8. The minimum Gasteiger partial charge on any atom is -0.449 e. The lowest BCUT2D eigenvalue weighted by molar-refractivity contribution is -0.140. The van der Waals surface area contributed by atoms with Crippen LogP contribution in [0.25, 0.3) is 11.1 Å². The van der Waals surface area contributed by atoms with Gasteiger partial charge in [-0.25, -0.2) is 4.79 Å². The molecule has 5 nitrogen and oxygen atoms in total. The van der Waals surface area contributed by atoms with Crippen molar-refractivity contribution in [3.63, 3.8) is 0 Å². The van der Waals surface area contributed by atoms with E-state index in [-0.39, 0.29) is 11.9 Å². The van der Waals surface area contributed by atoms with Crippen molar-refractivity contribution in [1.29, 1.82) is 0 Å². The summed E-state index contributed by atoms with van der Waals surface area (Å²) >= 11 is 0. The molecular weight excluding hydrogens is 400 g/mol. The fourth-order valence-electron chi connectivity index (χ4n) is 5.59. The average Bonchev–Trinajstić information content (AvgIpc) is 3.36. The van der Waals surface area contributed by atoms with Gasteiger partial charge < -0.3 is 9.64 Å². The summed E-state index contributed by atoms with van der Waals surface area (Å²) < 4.78 is 5.86. The summed E-state index contributed by atoms with van der Waals surface area (Å²) in [4.78, 5) is 32.2. The monoisotopic (exact) mass is 424 g/mol. The zero-order chi connectivity index (χ0) is 21.8. The van der Waals surface area contributed by atoms with Crippen molar-refractivity contribution in [2.75, 3.05) is 13.1 Å². The number of benzene rings is 2. The molecule has 160 valence electrons. The fraction of sp³-hybridized carbons (Fsp3) is 0.296. The van der Waals surface area contributed by atoms with E-state index in [0.717, 1.165) is 41.5 Å². The van der Waals surface area contributed by atoms with E-state index >= 15 is 0 Å². The normalized spacial score (nSPS) is 23.0. The number of aromatic nitrogens is 1. The first-order chi connectivity index (χ1) is 15.6. The van der Waals surface area contributed by atoms with Crippen molar-refractivity contribution < 1.29 is 14.3 Å². The van der Waals surface area contributed by atoms with Gasteiger partial charge >= 0.3 is 5.97 Å². The van der Waals surface area contributed by atoms with Gasteiger partial charge in [-0.1, -0.05) is 48.9 Å². The summed E-state index contributed by atoms with van der Waals surface area (Å²) in [7, 11) is 0. The third kappa shape index (κ3) is 2.73. The molecule has 3 heterocycles. The van der Waals surface area contributed by atoms with Crippen LogP contribution in [0, 0.1) is 0 Å². The number of ether oxygens (including phenoxy) is 1. The van der Waals surface area contributed by atoms with Crippen LogP contribution in [0.5, 0.6) is 0 Å². The van der Waals surface area contributed by atoms with Gasteiger partial charge in [0.05, 0.1) is 17.5 Å². The van der Waals surface area contributed by atoms with Crippen LogP contribution >= 0.6 is 0 Å². The minimum absolute atomic E-state index is 0.165. The van der Waals surface area contributed by atoms with E-state index < -0.39 is 11.0 Å². The minimum atomic E-state index is -0.695. The van der Waals surface area contributed by atoms with E-state index in [1.807, 2.05) is 41.3 Å². The van der Waals surface area contributed by atoms with Crippen LogP contribution in [0.4, 0.5) is 0 Å². The lowest BCUT2D eigenvalue weighted by atomic mass is 9.63. The Hall–Kier alpha value is -3.47. The third-order valence-corrected chi connectivity index (χ3v) is 7.51. The lowest BCUT2D eigenvalue weighted by Crippen LogP contribution is -2.51. The molecule has 5 heteroatoms. The van der Waals surface area contributed by atoms with Crippen LogP contribution in [-0.2, 0) is 20.5 Å². The van der Waals surface area contributed by atoms with Crippen molar-refractivity contribution in [3.05, 3.63) is 89.7 Å². The highest BCUT2D eigenvalue weighted by molar-refractivity contribution is 5.95. The van der Waals surface area contributed by atoms with Gasteiger partial charge in [-0.3, -0.25) is 9.78 Å². The molecule has 3 aliphatic rings. The summed E-state index contributed by atoms with van der Waals surface area (Å²) in [6.45, 7) is 1.04. The molecule has 1 unspecified atom stereocenters. The first-order valence-corrected chi connectivity index (χ1v) is 11.2. The number of hydrogen-bond donors (Lipinski definition) is 0. The van der Waals surface area contributed by atoms with Gasteiger partial charge in [0.2, 0.25) is 5.91 Å². The zero-order valence-corrected chi connectivity index (χ0v) is 17.8. The van der Waals surface area contributed by atoms with Gasteiger partial charge in [-0.2, -0.15) is 0 Å². The van der Waals surface area contributed by atoms with Crippen molar-refractivity contribution in [1.82, 2.24) is 9.88 Å². The van der Waals surface area contributed by atoms with Gasteiger partial charge in [0.15, 0.2) is 5.60 Å². The molecule has 1 saturated carbocycles. The molecule has 1 saturated heterocycles. The Labute approximate surface area is 187 Å². The molecule has 0 bridgehead atoms. The molecule has 0 radical (unpaired) electrons. The molecule has 2 aromatic carbocycles. The first-order valence-electron chi connectivity index (χ1n) is 11.2. The van der Waals surface area contributed by atoms with Crippen molar-refractivity contribution in [2.45, 2.75) is 36.7 Å². The fourth-order valence-corrected chi connectivity index (χ4v) is 5.59. The lowest BCUT2D eigenvalue weighted by Gasteiger charge is -2.43. The van der Waals surface area contributed by atoms with Gasteiger partial charge in [0.1, 0.15) is 0 Å². The molecule has 1 aromatic heterocycles. The molecule has 2 aliphatic heterocycles. The van der Waals surface area contributed by atoms with E-state index in [2.05, 4.69) is 29.2 Å². The highest BCUT2D eigenvalue weighted by atomic mass is 16.6. The second kappa shape index (κ2) is 7.02. The molecule has 1 atom stereocenters. The molecule has 2 fully saturated rings. The average molecular weight is 425 g/mol. The Bertz CT molecular complexity index is 1200. The van der Waals surface area contributed by atoms with E-state index in [1.54, 1.807) is 12.4 Å². The summed E-state index contributed by atoms with van der Waals surface area (Å²) in [6.07, 6.45) is 7.00. The van der Waals surface area contributed by atoms with Crippen LogP contribution < -0.4 is 0 Å². The molecule has 3 aromatic rings. The van der Waals surface area contributed by atoms with Gasteiger partial charge in [-0.05, 0) is 47.7 Å². The molecule has 1 spiro atoms. The maximum absolute atomic E-state index is 13.8. The van der Waals surface area contributed by atoms with Gasteiger partial charge in [0.25, 0.3) is 0 Å². The summed E-state index contributed by atoms with van der Waals surface area (Å²) in [5, 5.41) is 0. The molecule has 0 N–H and O–H groups in total. The number of carbonyl (C=O) groups excluding carboxylic acids is 2. The van der Waals surface area contributed by atoms with Crippen LogP contribution in [0.3, 0.4) is 0 Å². The highest BCUT2D eigenvalue weighted by Gasteiger charge is 2.55. The predicted molar refractivity (Wildman–Crippen MR) is 120 cm³/mol. The predicted octanol–water partition coefficient (Wildman–Crippen LogP) is 4.47. The second-order valence-corrected chi connectivity index (χ2v) is 9.16. The summed E-state index contributed by atoms with van der Waals surface area (Å²) in [6, 6.07) is 19.9. The highest BCUT2D eigenvalue weighted by Crippen LogP contribution is 2.49. The Kier molecular flexibility index (Phi) is 4.22. The quantitative estimate of drug-likeness (QED) is 0.582. The van der Waals surface area contributed by atoms with Crippen LogP contribution in [0.2, 0.25) is 0 Å². The van der Waals surface area contributed by atoms with E-state index in [4.69, 9.17) is 4.74 Å². The number of nitrogens with zero attached hydrogens (tertiary/aromatic N) is 2. The Morgan fingerprint density at radius 1 is 0.906 bits per heavy atom. The summed E-state index contributed by atoms with van der Waals surface area (Å²) in [5.41, 5.74) is 3.70. The maximum atomic E-state index is 13.8. The molecule has 1 amide bonds. The van der Waals surface area contributed by atoms with Gasteiger partial charge in [-0.15, -0.1) is 0 Å². The van der Waals surface area contributed by atoms with Crippen LogP contribution in [0.1, 0.15) is 47.2 Å². The largest absolute Gasteiger partial charge is 0.449 e. The first kappa shape index (κ1) is 19.2. The van der Waals surface area contributed by atoms with E-state index in [9.17, 15) is 9.59 Å². The standard InChI is InChI=1S/C27H24N2O3/c30-24-22-4-1-2-5-23(22)27(32-24)14-17-29(18-27)25(31)26(12-3-13-26)21-8-6-19(7-9-21)20-10-15-28-16-11-20/h1-2,4-11,15-16H,3,12-14,17-18H2. The Morgan fingerprint density at radius 2 is 1.62 bits per heavy atom. The SMILES string of the molecule is O=C1OC2(CCN(C(=O)C3(c4ccc(-c5ccncc5)cc4)CCC3)C2)c2ccccc21. The Morgan fingerprint density at radius 3 is 2.34 bits per heavy atom. The van der Waals surface area contributed by atoms with E-state index in [0.29, 0.717) is 25.1 Å². The third-order valence-electron chi connectivity index (χ3n) is 7.51. The van der Waals surface area contributed by atoms with Crippen molar-refractivity contribution in [2.24, 2.45) is 0 Å². The van der Waals surface area contributed by atoms with E-state index in [1.165, 1.54) is 0 Å². The second-order valence-electron chi connectivity index (χ2n) is 9.16. The number of fused-ring (bicyclic) bond motifs is 2. The number of amides is 1. The number of likely N-dealkylation sites (tertiary alicyclic amines) is 1. The molecular formula is C27H24N2O3. The topological polar surface area (TPSA) is 59.5 Å². The number of rotatable bonds is 3. The maximum Gasteiger partial charge on any atom is 0.339 e. The van der Waals surface area contributed by atoms with Crippen molar-refractivity contribution in [3.8, 4) is 11.1 Å². The molecule has 1 aliphatic carbocycles. The number of esters is 1.